The summed E-state index contributed by atoms with van der Waals surface area (Å²) in [6.07, 6.45) is 2.46. The zero-order valence-corrected chi connectivity index (χ0v) is 9.89. The van der Waals surface area contributed by atoms with Crippen molar-refractivity contribution in [3.8, 4) is 0 Å². The van der Waals surface area contributed by atoms with Crippen LogP contribution in [0.3, 0.4) is 0 Å². The van der Waals surface area contributed by atoms with Crippen LogP contribution in [0.4, 0.5) is 5.82 Å². The Kier molecular flexibility index (Phi) is 3.91. The van der Waals surface area contributed by atoms with E-state index in [1.54, 1.807) is 6.20 Å². The molecule has 1 aromatic heterocycles. The molecule has 0 aromatic carbocycles. The molecule has 80 valence electrons. The zero-order chi connectivity index (χ0) is 10.5. The van der Waals surface area contributed by atoms with Crippen molar-refractivity contribution < 1.29 is 4.79 Å². The molecular weight excluding hydrogens is 228 g/mol. The first-order valence-corrected chi connectivity index (χ1v) is 7.29. The summed E-state index contributed by atoms with van der Waals surface area (Å²) < 4.78 is 0. The molecule has 1 fully saturated rings. The molecule has 1 aliphatic rings. The molecule has 15 heavy (non-hydrogen) atoms. The highest BCUT2D eigenvalue weighted by Gasteiger charge is 2.10. The number of carbonyl (C=O) groups is 1. The van der Waals surface area contributed by atoms with Crippen LogP contribution in [0.1, 0.15) is 10.4 Å². The number of nitrogens with zero attached hydrogens (tertiary/aromatic N) is 2. The van der Waals surface area contributed by atoms with Gasteiger partial charge in [-0.3, -0.25) is 4.79 Å². The molecule has 5 heteroatoms. The van der Waals surface area contributed by atoms with Gasteiger partial charge in [0.25, 0.3) is 0 Å². The lowest BCUT2D eigenvalue weighted by molar-refractivity contribution is 0.112. The van der Waals surface area contributed by atoms with Crippen molar-refractivity contribution in [2.45, 2.75) is 0 Å². The number of carbonyl (C=O) groups excluding carboxylic acids is 1. The highest BCUT2D eigenvalue weighted by atomic mass is 33.1. The maximum atomic E-state index is 10.5. The Bertz CT molecular complexity index is 321. The Morgan fingerprint density at radius 2 is 2.00 bits per heavy atom. The van der Waals surface area contributed by atoms with Gasteiger partial charge in [0.1, 0.15) is 5.82 Å². The summed E-state index contributed by atoms with van der Waals surface area (Å²) in [6, 6.07) is 3.74. The van der Waals surface area contributed by atoms with Gasteiger partial charge in [-0.05, 0) is 12.1 Å². The number of hydrogen-bond donors (Lipinski definition) is 0. The Hall–Kier alpha value is -0.680. The molecule has 0 unspecified atom stereocenters. The first kappa shape index (κ1) is 10.8. The number of rotatable bonds is 2. The van der Waals surface area contributed by atoms with Crippen molar-refractivity contribution in [2.24, 2.45) is 0 Å². The molecule has 2 rings (SSSR count). The smallest absolute Gasteiger partial charge is 0.151 e. The van der Waals surface area contributed by atoms with Crippen LogP contribution in [0.25, 0.3) is 0 Å². The van der Waals surface area contributed by atoms with E-state index < -0.39 is 0 Å². The summed E-state index contributed by atoms with van der Waals surface area (Å²) in [5.74, 6) is 3.23. The van der Waals surface area contributed by atoms with Crippen LogP contribution in [0.2, 0.25) is 0 Å². The lowest BCUT2D eigenvalue weighted by Gasteiger charge is -2.20. The Balaban J connectivity index is 2.09. The Morgan fingerprint density at radius 3 is 2.53 bits per heavy atom. The summed E-state index contributed by atoms with van der Waals surface area (Å²) in [7, 11) is 3.83. The van der Waals surface area contributed by atoms with E-state index in [1.165, 1.54) is 0 Å². The predicted octanol–water partition coefficient (Wildman–Crippen LogP) is 2.10. The van der Waals surface area contributed by atoms with Gasteiger partial charge in [-0.1, -0.05) is 21.6 Å². The topological polar surface area (TPSA) is 33.2 Å². The lowest BCUT2D eigenvalue weighted by atomic mass is 10.3. The van der Waals surface area contributed by atoms with Crippen LogP contribution in [0.15, 0.2) is 18.3 Å². The van der Waals surface area contributed by atoms with Gasteiger partial charge in [-0.15, -0.1) is 0 Å². The Morgan fingerprint density at radius 1 is 1.27 bits per heavy atom. The molecule has 3 nitrogen and oxygen atoms in total. The van der Waals surface area contributed by atoms with Gasteiger partial charge in [-0.2, -0.15) is 0 Å². The summed E-state index contributed by atoms with van der Waals surface area (Å²) in [5.41, 5.74) is 0.636. The second-order valence-corrected chi connectivity index (χ2v) is 5.90. The largest absolute Gasteiger partial charge is 0.355 e. The quantitative estimate of drug-likeness (QED) is 0.584. The van der Waals surface area contributed by atoms with E-state index in [1.807, 2.05) is 33.7 Å². The van der Waals surface area contributed by atoms with E-state index in [0.29, 0.717) is 5.56 Å². The maximum Gasteiger partial charge on any atom is 0.151 e. The standard InChI is InChI=1S/C10H12N2OS2/c13-8-9-1-2-10(11-7-9)12-3-5-14-15-6-4-12/h1-2,7-8H,3-6H2. The second kappa shape index (κ2) is 5.42. The van der Waals surface area contributed by atoms with Gasteiger partial charge in [0.15, 0.2) is 6.29 Å². The monoisotopic (exact) mass is 240 g/mol. The summed E-state index contributed by atoms with van der Waals surface area (Å²) in [5, 5.41) is 0. The molecule has 0 aliphatic carbocycles. The van der Waals surface area contributed by atoms with E-state index >= 15 is 0 Å². The van der Waals surface area contributed by atoms with Crippen LogP contribution in [0, 0.1) is 0 Å². The van der Waals surface area contributed by atoms with Crippen molar-refractivity contribution in [3.05, 3.63) is 23.9 Å². The second-order valence-electron chi connectivity index (χ2n) is 3.20. The Labute approximate surface area is 97.0 Å². The molecule has 0 amide bonds. The fourth-order valence-electron chi connectivity index (χ4n) is 1.41. The predicted molar refractivity (Wildman–Crippen MR) is 66.8 cm³/mol. The summed E-state index contributed by atoms with van der Waals surface area (Å²) in [6.45, 7) is 2.07. The number of anilines is 1. The average molecular weight is 240 g/mol. The van der Waals surface area contributed by atoms with Crippen LogP contribution in [-0.4, -0.2) is 35.9 Å². The minimum absolute atomic E-state index is 0.636. The first-order chi connectivity index (χ1) is 7.40. The van der Waals surface area contributed by atoms with E-state index in [9.17, 15) is 4.79 Å². The van der Waals surface area contributed by atoms with Crippen molar-refractivity contribution in [1.29, 1.82) is 0 Å². The SMILES string of the molecule is O=Cc1ccc(N2CCSSCC2)nc1. The van der Waals surface area contributed by atoms with Gasteiger partial charge >= 0.3 is 0 Å². The third-order valence-electron chi connectivity index (χ3n) is 2.20. The molecule has 0 bridgehead atoms. The van der Waals surface area contributed by atoms with Gasteiger partial charge in [0.2, 0.25) is 0 Å². The third kappa shape index (κ3) is 2.89. The normalized spacial score (nSPS) is 17.2. The molecule has 0 atom stereocenters. The third-order valence-corrected chi connectivity index (χ3v) is 4.57. The van der Waals surface area contributed by atoms with Crippen LogP contribution in [-0.2, 0) is 0 Å². The van der Waals surface area contributed by atoms with Crippen LogP contribution < -0.4 is 4.90 Å². The molecule has 1 saturated heterocycles. The van der Waals surface area contributed by atoms with Gasteiger partial charge in [0.05, 0.1) is 0 Å². The maximum absolute atomic E-state index is 10.5. The highest BCUT2D eigenvalue weighted by molar-refractivity contribution is 8.76. The fraction of sp³-hybridized carbons (Fsp3) is 0.400. The molecule has 0 spiro atoms. The molecule has 1 aromatic rings. The van der Waals surface area contributed by atoms with Crippen LogP contribution >= 0.6 is 21.6 Å². The summed E-state index contributed by atoms with van der Waals surface area (Å²) in [4.78, 5) is 17.0. The number of aromatic nitrogens is 1. The highest BCUT2D eigenvalue weighted by Crippen LogP contribution is 2.25. The summed E-state index contributed by atoms with van der Waals surface area (Å²) >= 11 is 0. The minimum atomic E-state index is 0.636. The molecule has 0 N–H and O–H groups in total. The van der Waals surface area contributed by atoms with Gasteiger partial charge in [-0.25, -0.2) is 4.98 Å². The molecule has 1 aliphatic heterocycles. The zero-order valence-electron chi connectivity index (χ0n) is 8.26. The molecular formula is C10H12N2OS2. The van der Waals surface area contributed by atoms with Crippen LogP contribution in [0.5, 0.6) is 0 Å². The molecule has 0 radical (unpaired) electrons. The van der Waals surface area contributed by atoms with Crippen molar-refractivity contribution in [2.75, 3.05) is 29.5 Å². The van der Waals surface area contributed by atoms with Crippen molar-refractivity contribution in [1.82, 2.24) is 4.98 Å². The lowest BCUT2D eigenvalue weighted by Crippen LogP contribution is -2.27. The average Bonchev–Trinajstić information content (AvgIpc) is 2.58. The molecule has 2 heterocycles. The minimum Gasteiger partial charge on any atom is -0.355 e. The first-order valence-electron chi connectivity index (χ1n) is 4.81. The van der Waals surface area contributed by atoms with E-state index in [-0.39, 0.29) is 0 Å². The van der Waals surface area contributed by atoms with E-state index in [0.717, 1.165) is 36.7 Å². The van der Waals surface area contributed by atoms with Gasteiger partial charge in [0, 0.05) is 36.4 Å². The number of aldehydes is 1. The fourth-order valence-corrected chi connectivity index (χ4v) is 3.39. The van der Waals surface area contributed by atoms with Crippen molar-refractivity contribution >= 4 is 33.7 Å². The van der Waals surface area contributed by atoms with Crippen molar-refractivity contribution in [3.63, 3.8) is 0 Å². The van der Waals surface area contributed by atoms with E-state index in [2.05, 4.69) is 9.88 Å². The number of hydrogen-bond acceptors (Lipinski definition) is 5. The van der Waals surface area contributed by atoms with Gasteiger partial charge < -0.3 is 4.90 Å². The molecule has 0 saturated carbocycles. The van der Waals surface area contributed by atoms with E-state index in [4.69, 9.17) is 0 Å². The number of pyridine rings is 1.